The fourth-order valence-electron chi connectivity index (χ4n) is 7.80. The molecule has 0 spiro atoms. The van der Waals surface area contributed by atoms with Gasteiger partial charge in [0, 0.05) is 8.95 Å². The van der Waals surface area contributed by atoms with E-state index >= 15 is 0 Å². The second-order valence-corrected chi connectivity index (χ2v) is 16.6. The van der Waals surface area contributed by atoms with Gasteiger partial charge in [0.25, 0.3) is 0 Å². The van der Waals surface area contributed by atoms with Crippen LogP contribution in [0.1, 0.15) is 134 Å². The summed E-state index contributed by atoms with van der Waals surface area (Å²) < 4.78 is 2.25. The molecular formula is C42H48Br2S. The van der Waals surface area contributed by atoms with Gasteiger partial charge in [-0.1, -0.05) is 131 Å². The Morgan fingerprint density at radius 3 is 1.04 bits per heavy atom. The molecule has 2 fully saturated rings. The van der Waals surface area contributed by atoms with Gasteiger partial charge in [0.15, 0.2) is 0 Å². The molecule has 0 radical (unpaired) electrons. The smallest absolute Gasteiger partial charge is 0.0556 e. The molecule has 45 heavy (non-hydrogen) atoms. The maximum atomic E-state index is 3.68. The highest BCUT2D eigenvalue weighted by Crippen LogP contribution is 2.49. The Labute approximate surface area is 293 Å². The lowest BCUT2D eigenvalue weighted by Gasteiger charge is -2.29. The van der Waals surface area contributed by atoms with Gasteiger partial charge in [0.05, 0.1) is 10.5 Å². The molecular weight excluding hydrogens is 696 g/mol. The Kier molecular flexibility index (Phi) is 11.7. The highest BCUT2D eigenvalue weighted by Gasteiger charge is 2.26. The zero-order valence-electron chi connectivity index (χ0n) is 26.9. The molecule has 2 aliphatic carbocycles. The molecule has 4 aromatic rings. The van der Waals surface area contributed by atoms with Crippen molar-refractivity contribution in [3.8, 4) is 0 Å². The van der Waals surface area contributed by atoms with Crippen LogP contribution in [0.5, 0.6) is 0 Å². The normalized spacial score (nSPS) is 23.4. The van der Waals surface area contributed by atoms with E-state index in [2.05, 4.69) is 155 Å². The predicted octanol–water partition coefficient (Wildman–Crippen LogP) is 14.2. The molecule has 3 heteroatoms. The van der Waals surface area contributed by atoms with Crippen LogP contribution in [0, 0.1) is 11.8 Å². The summed E-state index contributed by atoms with van der Waals surface area (Å²) in [5, 5.41) is 0.446. The van der Waals surface area contributed by atoms with Crippen molar-refractivity contribution in [1.82, 2.24) is 0 Å². The molecule has 2 unspecified atom stereocenters. The molecule has 0 aromatic heterocycles. The summed E-state index contributed by atoms with van der Waals surface area (Å²) in [7, 11) is 0. The van der Waals surface area contributed by atoms with Gasteiger partial charge in [-0.3, -0.25) is 0 Å². The second-order valence-electron chi connectivity index (χ2n) is 13.6. The highest BCUT2D eigenvalue weighted by molar-refractivity contribution is 9.10. The molecule has 0 amide bonds. The van der Waals surface area contributed by atoms with Crippen LogP contribution in [0.25, 0.3) is 0 Å². The lowest BCUT2D eigenvalue weighted by atomic mass is 9.77. The van der Waals surface area contributed by atoms with E-state index in [4.69, 9.17) is 0 Å². The number of thioether (sulfide) groups is 1. The minimum absolute atomic E-state index is 0.223. The van der Waals surface area contributed by atoms with E-state index < -0.39 is 0 Å². The summed E-state index contributed by atoms with van der Waals surface area (Å²) in [5.74, 6) is 3.29. The van der Waals surface area contributed by atoms with Crippen LogP contribution in [-0.4, -0.2) is 0 Å². The topological polar surface area (TPSA) is 0 Å². The monoisotopic (exact) mass is 742 g/mol. The number of hydrogen-bond donors (Lipinski definition) is 0. The summed E-state index contributed by atoms with van der Waals surface area (Å²) in [4.78, 5) is 0. The number of halogens is 2. The van der Waals surface area contributed by atoms with Gasteiger partial charge in [-0.2, -0.15) is 0 Å². The lowest BCUT2D eigenvalue weighted by Crippen LogP contribution is -2.13. The van der Waals surface area contributed by atoms with Crippen LogP contribution in [0.2, 0.25) is 0 Å². The molecule has 0 heterocycles. The molecule has 0 nitrogen and oxygen atoms in total. The van der Waals surface area contributed by atoms with Crippen LogP contribution >= 0.6 is 43.6 Å². The minimum Gasteiger partial charge on any atom is -0.136 e. The molecule has 4 aromatic carbocycles. The van der Waals surface area contributed by atoms with Crippen molar-refractivity contribution in [2.24, 2.45) is 11.8 Å². The minimum atomic E-state index is 0.223. The quantitative estimate of drug-likeness (QED) is 0.156. The maximum Gasteiger partial charge on any atom is 0.0556 e. The van der Waals surface area contributed by atoms with Gasteiger partial charge in [-0.05, 0) is 133 Å². The first-order chi connectivity index (χ1) is 22.0. The third-order valence-electron chi connectivity index (χ3n) is 10.9. The second kappa shape index (κ2) is 15.9. The molecule has 0 bridgehead atoms. The molecule has 0 aliphatic heterocycles. The van der Waals surface area contributed by atoms with E-state index in [1.54, 1.807) is 0 Å². The van der Waals surface area contributed by atoms with Crippen LogP contribution < -0.4 is 0 Å². The summed E-state index contributed by atoms with van der Waals surface area (Å²) in [6, 6.07) is 37.4. The van der Waals surface area contributed by atoms with Crippen molar-refractivity contribution < 1.29 is 0 Å². The van der Waals surface area contributed by atoms with Crippen LogP contribution in [-0.2, 0) is 0 Å². The number of hydrogen-bond acceptors (Lipinski definition) is 1. The summed E-state index contributed by atoms with van der Waals surface area (Å²) in [6.45, 7) is 4.71. The Hall–Kier alpha value is -1.81. The van der Waals surface area contributed by atoms with Crippen molar-refractivity contribution in [2.45, 2.75) is 100 Å². The summed E-state index contributed by atoms with van der Waals surface area (Å²) in [6.07, 6.45) is 13.5. The molecule has 2 saturated carbocycles. The van der Waals surface area contributed by atoms with Crippen molar-refractivity contribution >= 4 is 43.6 Å². The van der Waals surface area contributed by atoms with Crippen molar-refractivity contribution in [3.05, 3.63) is 139 Å². The Bertz CT molecular complexity index is 1350. The van der Waals surface area contributed by atoms with Gasteiger partial charge in [-0.15, -0.1) is 11.8 Å². The summed E-state index contributed by atoms with van der Waals surface area (Å²) >= 11 is 9.43. The fourth-order valence-corrected chi connectivity index (χ4v) is 9.86. The van der Waals surface area contributed by atoms with Crippen molar-refractivity contribution in [3.63, 3.8) is 0 Å². The molecule has 0 N–H and O–H groups in total. The molecule has 6 rings (SSSR count). The predicted molar refractivity (Wildman–Crippen MR) is 202 cm³/mol. The molecule has 2 atom stereocenters. The third-order valence-corrected chi connectivity index (χ3v) is 13.6. The van der Waals surface area contributed by atoms with Gasteiger partial charge >= 0.3 is 0 Å². The van der Waals surface area contributed by atoms with Crippen molar-refractivity contribution in [2.75, 3.05) is 0 Å². The zero-order chi connectivity index (χ0) is 31.2. The first-order valence-corrected chi connectivity index (χ1v) is 19.9. The largest absolute Gasteiger partial charge is 0.136 e. The average molecular weight is 745 g/mol. The van der Waals surface area contributed by atoms with Crippen LogP contribution in [0.3, 0.4) is 0 Å². The third kappa shape index (κ3) is 8.38. The van der Waals surface area contributed by atoms with E-state index in [0.717, 1.165) is 20.8 Å². The lowest BCUT2D eigenvalue weighted by molar-refractivity contribution is 0.319. The Morgan fingerprint density at radius 2 is 0.756 bits per heavy atom. The van der Waals surface area contributed by atoms with Gasteiger partial charge < -0.3 is 0 Å². The Balaban J connectivity index is 1.29. The van der Waals surface area contributed by atoms with Crippen LogP contribution in [0.15, 0.2) is 106 Å². The first kappa shape index (κ1) is 33.1. The maximum absolute atomic E-state index is 3.68. The van der Waals surface area contributed by atoms with E-state index in [0.29, 0.717) is 11.8 Å². The van der Waals surface area contributed by atoms with Gasteiger partial charge in [0.1, 0.15) is 0 Å². The number of rotatable bonds is 10. The van der Waals surface area contributed by atoms with E-state index in [-0.39, 0.29) is 10.5 Å². The van der Waals surface area contributed by atoms with Crippen molar-refractivity contribution in [1.29, 1.82) is 0 Å². The molecule has 2 aliphatic rings. The first-order valence-electron chi connectivity index (χ1n) is 17.4. The zero-order valence-corrected chi connectivity index (χ0v) is 30.9. The highest BCUT2D eigenvalue weighted by atomic mass is 79.9. The molecule has 0 saturated heterocycles. The average Bonchev–Trinajstić information content (AvgIpc) is 3.10. The van der Waals surface area contributed by atoms with Crippen LogP contribution in [0.4, 0.5) is 0 Å². The van der Waals surface area contributed by atoms with Gasteiger partial charge in [-0.25, -0.2) is 0 Å². The van der Waals surface area contributed by atoms with E-state index in [9.17, 15) is 0 Å². The Morgan fingerprint density at radius 1 is 0.467 bits per heavy atom. The fraction of sp³-hybridized carbons (Fsp3) is 0.429. The van der Waals surface area contributed by atoms with E-state index in [1.165, 1.54) is 97.6 Å². The van der Waals surface area contributed by atoms with E-state index in [1.807, 2.05) is 0 Å². The summed E-state index contributed by atoms with van der Waals surface area (Å²) in [5.41, 5.74) is 8.54. The standard InChI is InChI=1S/C42H48Br2S/c1-3-29-5-9-31(10-6-29)33-13-17-35(18-14-33)41(37-21-25-39(43)26-22-37)45-42(38-23-27-40(44)28-24-38)36-19-15-34(16-20-36)32-11-7-30(4-2)8-12-32/h13-32,41-42H,3-12H2,1-2H3. The SMILES string of the molecule is CCC1CCC(c2ccc(C(SC(c3ccc(Br)cc3)c3ccc(C4CCC(CC)CC4)cc3)c3ccc(Br)cc3)cc2)CC1. The molecule has 236 valence electrons. The number of benzene rings is 4. The van der Waals surface area contributed by atoms with Gasteiger partial charge in [0.2, 0.25) is 0 Å².